The second-order valence-electron chi connectivity index (χ2n) is 11.9. The molecule has 2 bridgehead atoms. The van der Waals surface area contributed by atoms with E-state index in [1.54, 1.807) is 12.1 Å². The fourth-order valence-electron chi connectivity index (χ4n) is 6.40. The van der Waals surface area contributed by atoms with E-state index in [0.29, 0.717) is 60.0 Å². The van der Waals surface area contributed by atoms with Gasteiger partial charge in [-0.25, -0.2) is 19.2 Å². The largest absolute Gasteiger partial charge is 0.480 e. The number of aromatic nitrogens is 3. The van der Waals surface area contributed by atoms with Crippen molar-refractivity contribution < 1.29 is 38.0 Å². The summed E-state index contributed by atoms with van der Waals surface area (Å²) >= 11 is 0. The molecule has 4 N–H and O–H groups in total. The molecule has 1 aliphatic carbocycles. The van der Waals surface area contributed by atoms with E-state index < -0.39 is 18.0 Å². The highest BCUT2D eigenvalue weighted by Gasteiger charge is 2.49. The number of fused-ring (bicyclic) bond motifs is 5. The predicted molar refractivity (Wildman–Crippen MR) is 153 cm³/mol. The third-order valence-corrected chi connectivity index (χ3v) is 9.16. The Morgan fingerprint density at radius 3 is 2.80 bits per heavy atom. The minimum absolute atomic E-state index is 0.00327. The number of hydrogen-bond donors (Lipinski definition) is 4. The number of nitrogens with zero attached hydrogens (tertiary/aromatic N) is 3. The van der Waals surface area contributed by atoms with Gasteiger partial charge in [0, 0.05) is 23.7 Å². The first-order valence-electron chi connectivity index (χ1n) is 14.8. The molecule has 232 valence electrons. The van der Waals surface area contributed by atoms with Gasteiger partial charge in [-0.2, -0.15) is 0 Å². The molecule has 13 nitrogen and oxygen atoms in total. The molecule has 0 aromatic carbocycles. The molecule has 4 fully saturated rings. The van der Waals surface area contributed by atoms with Crippen LogP contribution in [0.4, 0.5) is 15.0 Å². The number of amides is 2. The topological polar surface area (TPSA) is 166 Å². The number of carbonyl (C=O) groups is 2. The van der Waals surface area contributed by atoms with Gasteiger partial charge in [-0.1, -0.05) is 0 Å². The van der Waals surface area contributed by atoms with Crippen LogP contribution in [-0.4, -0.2) is 81.8 Å². The average Bonchev–Trinajstić information content (AvgIpc) is 3.02. The number of rotatable bonds is 10. The molecule has 0 spiro atoms. The summed E-state index contributed by atoms with van der Waals surface area (Å²) < 4.78 is 38.2. The van der Waals surface area contributed by atoms with Gasteiger partial charge in [0.15, 0.2) is 18.2 Å². The van der Waals surface area contributed by atoms with Gasteiger partial charge < -0.3 is 40.0 Å². The maximum atomic E-state index is 15.1. The highest BCUT2D eigenvalue weighted by Crippen LogP contribution is 2.46. The van der Waals surface area contributed by atoms with Gasteiger partial charge in [0.1, 0.15) is 18.5 Å². The van der Waals surface area contributed by atoms with Crippen LogP contribution in [0.25, 0.3) is 11.0 Å². The Kier molecular flexibility index (Phi) is 7.42. The fourth-order valence-corrected chi connectivity index (χ4v) is 6.40. The number of carboxylic acid groups (broad SMARTS) is 1. The fraction of sp³-hybridized carbons (Fsp3) is 0.500. The van der Waals surface area contributed by atoms with Crippen LogP contribution in [0.5, 0.6) is 11.6 Å². The number of aryl methyl sites for hydroxylation is 1. The highest BCUT2D eigenvalue weighted by molar-refractivity contribution is 5.94. The second-order valence-corrected chi connectivity index (χ2v) is 11.9. The molecule has 1 unspecified atom stereocenters. The van der Waals surface area contributed by atoms with E-state index in [-0.39, 0.29) is 42.9 Å². The molecule has 0 radical (unpaired) electrons. The Morgan fingerprint density at radius 1 is 1.18 bits per heavy atom. The van der Waals surface area contributed by atoms with E-state index in [4.69, 9.17) is 24.1 Å². The van der Waals surface area contributed by atoms with E-state index >= 15 is 4.39 Å². The number of nitrogens with one attached hydrogen (secondary N) is 3. The molecule has 44 heavy (non-hydrogen) atoms. The molecule has 4 aliphatic heterocycles. The third kappa shape index (κ3) is 5.72. The molecule has 8 rings (SSSR count). The van der Waals surface area contributed by atoms with Crippen molar-refractivity contribution in [2.75, 3.05) is 31.7 Å². The molecule has 7 heterocycles. The van der Waals surface area contributed by atoms with Crippen LogP contribution < -0.4 is 25.4 Å². The van der Waals surface area contributed by atoms with Crippen molar-refractivity contribution in [3.8, 4) is 11.6 Å². The van der Waals surface area contributed by atoms with Gasteiger partial charge in [-0.15, -0.1) is 0 Å². The summed E-state index contributed by atoms with van der Waals surface area (Å²) in [4.78, 5) is 35.9. The Morgan fingerprint density at radius 2 is 2.05 bits per heavy atom. The lowest BCUT2D eigenvalue weighted by Gasteiger charge is -2.53. The standard InChI is InChI=1S/C30H33FN6O7/c31-19-12-32-20-2-4-25(43-14-23-21(13-41-23)35-28(39)40)37-26(20)18(19)5-6-30-9-7-29(8-10-30,16-44-30)33-11-17-1-3-22-27(34-17)36-24(38)15-42-22/h1-4,12,21,23,33,35H,5-11,13-16H2,(H,39,40)(H,34,36,38)/t21-,23?,29?,30?/m0/s1. The van der Waals surface area contributed by atoms with Crippen LogP contribution in [0.1, 0.15) is 43.4 Å². The van der Waals surface area contributed by atoms with Gasteiger partial charge in [0.25, 0.3) is 5.91 Å². The van der Waals surface area contributed by atoms with Crippen molar-refractivity contribution in [1.82, 2.24) is 25.6 Å². The summed E-state index contributed by atoms with van der Waals surface area (Å²) in [6, 6.07) is 6.77. The minimum atomic E-state index is -1.12. The van der Waals surface area contributed by atoms with Gasteiger partial charge in [0.2, 0.25) is 5.88 Å². The lowest BCUT2D eigenvalue weighted by molar-refractivity contribution is -0.165. The van der Waals surface area contributed by atoms with Crippen molar-refractivity contribution in [3.63, 3.8) is 0 Å². The maximum Gasteiger partial charge on any atom is 0.405 e. The molecule has 14 heteroatoms. The van der Waals surface area contributed by atoms with Crippen LogP contribution in [0.3, 0.4) is 0 Å². The number of hydrogen-bond acceptors (Lipinski definition) is 10. The summed E-state index contributed by atoms with van der Waals surface area (Å²) in [6.07, 6.45) is 4.32. The number of pyridine rings is 3. The zero-order valence-electron chi connectivity index (χ0n) is 23.9. The van der Waals surface area contributed by atoms with Crippen molar-refractivity contribution in [3.05, 3.63) is 47.5 Å². The third-order valence-electron chi connectivity index (χ3n) is 9.16. The SMILES string of the molecule is O=C(O)N[C@H]1COC1COc1ccc2ncc(F)c(CCC34CCC(NCc5ccc6c(n5)NC(=O)CO6)(CC3)CO4)c2n1. The van der Waals surface area contributed by atoms with Crippen LogP contribution in [0.15, 0.2) is 30.5 Å². The van der Waals surface area contributed by atoms with Crippen LogP contribution in [0, 0.1) is 5.82 Å². The number of ether oxygens (including phenoxy) is 4. The average molecular weight is 609 g/mol. The number of carbonyl (C=O) groups excluding carboxylic acids is 1. The molecular formula is C30H33FN6O7. The highest BCUT2D eigenvalue weighted by atomic mass is 19.1. The van der Waals surface area contributed by atoms with Crippen molar-refractivity contribution in [1.29, 1.82) is 0 Å². The van der Waals surface area contributed by atoms with Gasteiger partial charge in [0.05, 0.1) is 47.8 Å². The molecule has 1 saturated carbocycles. The second kappa shape index (κ2) is 11.4. The lowest BCUT2D eigenvalue weighted by atomic mass is 9.69. The monoisotopic (exact) mass is 608 g/mol. The van der Waals surface area contributed by atoms with Crippen LogP contribution in [-0.2, 0) is 27.2 Å². The van der Waals surface area contributed by atoms with Crippen molar-refractivity contribution in [2.45, 2.75) is 68.4 Å². The molecule has 3 aromatic heterocycles. The zero-order valence-corrected chi connectivity index (χ0v) is 23.9. The maximum absolute atomic E-state index is 15.1. The Hall–Kier alpha value is -4.14. The van der Waals surface area contributed by atoms with Gasteiger partial charge in [-0.05, 0) is 56.7 Å². The molecule has 2 atom stereocenters. The van der Waals surface area contributed by atoms with E-state index in [1.807, 2.05) is 12.1 Å². The van der Waals surface area contributed by atoms with E-state index in [9.17, 15) is 9.59 Å². The summed E-state index contributed by atoms with van der Waals surface area (Å²) in [5.41, 5.74) is 1.78. The predicted octanol–water partition coefficient (Wildman–Crippen LogP) is 2.71. The summed E-state index contributed by atoms with van der Waals surface area (Å²) in [5, 5.41) is 17.7. The number of anilines is 1. The molecular weight excluding hydrogens is 575 g/mol. The number of halogens is 1. The van der Waals surface area contributed by atoms with Crippen LogP contribution >= 0.6 is 0 Å². The van der Waals surface area contributed by atoms with E-state index in [0.717, 1.165) is 31.4 Å². The molecule has 5 aliphatic rings. The zero-order chi connectivity index (χ0) is 30.3. The van der Waals surface area contributed by atoms with E-state index in [2.05, 4.69) is 30.9 Å². The summed E-state index contributed by atoms with van der Waals surface area (Å²) in [5.74, 6) is 0.665. The van der Waals surface area contributed by atoms with Gasteiger partial charge in [-0.3, -0.25) is 9.78 Å². The van der Waals surface area contributed by atoms with Crippen molar-refractivity contribution >= 4 is 28.9 Å². The Balaban J connectivity index is 0.967. The van der Waals surface area contributed by atoms with Crippen LogP contribution in [0.2, 0.25) is 0 Å². The quantitative estimate of drug-likeness (QED) is 0.267. The van der Waals surface area contributed by atoms with Gasteiger partial charge >= 0.3 is 6.09 Å². The van der Waals surface area contributed by atoms with E-state index in [1.165, 1.54) is 6.20 Å². The molecule has 3 aromatic rings. The first-order chi connectivity index (χ1) is 21.3. The Bertz CT molecular complexity index is 1580. The lowest BCUT2D eigenvalue weighted by Crippen LogP contribution is -2.61. The molecule has 3 saturated heterocycles. The normalized spacial score (nSPS) is 27.2. The van der Waals surface area contributed by atoms with Crippen molar-refractivity contribution in [2.24, 2.45) is 0 Å². The molecule has 2 amide bonds. The first kappa shape index (κ1) is 28.6. The smallest absolute Gasteiger partial charge is 0.405 e. The Labute approximate surface area is 251 Å². The summed E-state index contributed by atoms with van der Waals surface area (Å²) in [6.45, 7) is 1.48. The first-order valence-corrected chi connectivity index (χ1v) is 14.8. The summed E-state index contributed by atoms with van der Waals surface area (Å²) in [7, 11) is 0. The minimum Gasteiger partial charge on any atom is -0.480 e.